The lowest BCUT2D eigenvalue weighted by atomic mass is 10.1. The summed E-state index contributed by atoms with van der Waals surface area (Å²) in [5.74, 6) is 0. The van der Waals surface area contributed by atoms with Crippen molar-refractivity contribution in [1.82, 2.24) is 0 Å². The minimum Gasteiger partial charge on any atom is -0.390 e. The average Bonchev–Trinajstić information content (AvgIpc) is 2.61. The van der Waals surface area contributed by atoms with Gasteiger partial charge in [0.2, 0.25) is 0 Å². The molecule has 0 aliphatic heterocycles. The first-order valence-corrected chi connectivity index (χ1v) is 5.38. The largest absolute Gasteiger partial charge is 0.390 e. The molecule has 0 bridgehead atoms. The van der Waals surface area contributed by atoms with Crippen LogP contribution in [0, 0.1) is 6.92 Å². The van der Waals surface area contributed by atoms with E-state index in [9.17, 15) is 5.11 Å². The van der Waals surface area contributed by atoms with Gasteiger partial charge < -0.3 is 5.11 Å². The van der Waals surface area contributed by atoms with E-state index in [-0.39, 0.29) is 5.60 Å². The van der Waals surface area contributed by atoms with E-state index in [2.05, 4.69) is 17.7 Å². The number of aryl methyl sites for hydroxylation is 2. The summed E-state index contributed by atoms with van der Waals surface area (Å²) in [7, 11) is 0. The fourth-order valence-electron chi connectivity index (χ4n) is 1.40. The first kappa shape index (κ1) is 8.27. The minimum absolute atomic E-state index is 0.283. The van der Waals surface area contributed by atoms with Gasteiger partial charge in [-0.2, -0.15) is 11.3 Å². The SMILES string of the molecule is Cc1cscc1CCC1(O)CC1. The van der Waals surface area contributed by atoms with Crippen molar-refractivity contribution in [1.29, 1.82) is 0 Å². The van der Waals surface area contributed by atoms with Crippen molar-refractivity contribution in [2.45, 2.75) is 38.2 Å². The molecule has 2 heteroatoms. The highest BCUT2D eigenvalue weighted by Crippen LogP contribution is 2.39. The van der Waals surface area contributed by atoms with Crippen LogP contribution in [0.3, 0.4) is 0 Å². The fourth-order valence-corrected chi connectivity index (χ4v) is 2.30. The Bertz CT molecular complexity index is 273. The van der Waals surface area contributed by atoms with Gasteiger partial charge in [0.05, 0.1) is 5.60 Å². The molecule has 0 radical (unpaired) electrons. The maximum Gasteiger partial charge on any atom is 0.0653 e. The summed E-state index contributed by atoms with van der Waals surface area (Å²) in [4.78, 5) is 0. The second-order valence-electron chi connectivity index (χ2n) is 3.80. The fraction of sp³-hybridized carbons (Fsp3) is 0.600. The topological polar surface area (TPSA) is 20.2 Å². The van der Waals surface area contributed by atoms with Gasteiger partial charge >= 0.3 is 0 Å². The van der Waals surface area contributed by atoms with Crippen LogP contribution >= 0.6 is 11.3 Å². The van der Waals surface area contributed by atoms with E-state index in [0.717, 1.165) is 25.7 Å². The molecule has 0 amide bonds. The maximum atomic E-state index is 9.62. The second kappa shape index (κ2) is 2.86. The van der Waals surface area contributed by atoms with Gasteiger partial charge in [-0.1, -0.05) is 0 Å². The third-order valence-electron chi connectivity index (χ3n) is 2.65. The molecule has 1 fully saturated rings. The predicted molar refractivity (Wildman–Crippen MR) is 51.6 cm³/mol. The first-order valence-electron chi connectivity index (χ1n) is 4.44. The zero-order chi connectivity index (χ0) is 8.60. The second-order valence-corrected chi connectivity index (χ2v) is 4.55. The maximum absolute atomic E-state index is 9.62. The zero-order valence-electron chi connectivity index (χ0n) is 7.34. The van der Waals surface area contributed by atoms with Gasteiger partial charge in [-0.3, -0.25) is 0 Å². The highest BCUT2D eigenvalue weighted by molar-refractivity contribution is 7.08. The molecule has 0 spiro atoms. The summed E-state index contributed by atoms with van der Waals surface area (Å²) in [5, 5.41) is 14.0. The molecular weight excluding hydrogens is 168 g/mol. The summed E-state index contributed by atoms with van der Waals surface area (Å²) < 4.78 is 0. The van der Waals surface area contributed by atoms with Crippen LogP contribution in [-0.2, 0) is 6.42 Å². The van der Waals surface area contributed by atoms with Crippen LogP contribution in [0.5, 0.6) is 0 Å². The monoisotopic (exact) mass is 182 g/mol. The molecular formula is C10H14OS. The minimum atomic E-state index is -0.283. The van der Waals surface area contributed by atoms with Crippen LogP contribution in [0.4, 0.5) is 0 Å². The van der Waals surface area contributed by atoms with Gasteiger partial charge in [0, 0.05) is 0 Å². The van der Waals surface area contributed by atoms with Crippen LogP contribution in [-0.4, -0.2) is 10.7 Å². The van der Waals surface area contributed by atoms with Crippen LogP contribution in [0.1, 0.15) is 30.4 Å². The first-order chi connectivity index (χ1) is 5.70. The van der Waals surface area contributed by atoms with Gasteiger partial charge in [-0.25, -0.2) is 0 Å². The van der Waals surface area contributed by atoms with Crippen LogP contribution in [0.25, 0.3) is 0 Å². The van der Waals surface area contributed by atoms with Crippen molar-refractivity contribution >= 4 is 11.3 Å². The lowest BCUT2D eigenvalue weighted by Gasteiger charge is -2.05. The van der Waals surface area contributed by atoms with Crippen LogP contribution in [0.15, 0.2) is 10.8 Å². The molecule has 1 heterocycles. The van der Waals surface area contributed by atoms with E-state index in [4.69, 9.17) is 0 Å². The van der Waals surface area contributed by atoms with Crippen LogP contribution in [0.2, 0.25) is 0 Å². The molecule has 1 aliphatic carbocycles. The molecule has 0 aromatic carbocycles. The predicted octanol–water partition coefficient (Wildman–Crippen LogP) is 2.51. The molecule has 0 unspecified atom stereocenters. The van der Waals surface area contributed by atoms with E-state index in [1.807, 2.05) is 0 Å². The smallest absolute Gasteiger partial charge is 0.0653 e. The summed E-state index contributed by atoms with van der Waals surface area (Å²) in [6.45, 7) is 2.14. The highest BCUT2D eigenvalue weighted by atomic mass is 32.1. The number of hydrogen-bond acceptors (Lipinski definition) is 2. The summed E-state index contributed by atoms with van der Waals surface area (Å²) in [6, 6.07) is 0. The summed E-state index contributed by atoms with van der Waals surface area (Å²) in [5.41, 5.74) is 2.51. The zero-order valence-corrected chi connectivity index (χ0v) is 8.16. The Morgan fingerprint density at radius 1 is 1.50 bits per heavy atom. The van der Waals surface area contributed by atoms with Gasteiger partial charge in [0.15, 0.2) is 0 Å². The van der Waals surface area contributed by atoms with E-state index in [0.29, 0.717) is 0 Å². The number of hydrogen-bond donors (Lipinski definition) is 1. The van der Waals surface area contributed by atoms with Gasteiger partial charge in [-0.05, 0) is 54.5 Å². The Labute approximate surface area is 77.0 Å². The Balaban J connectivity index is 1.91. The Morgan fingerprint density at radius 2 is 2.25 bits per heavy atom. The van der Waals surface area contributed by atoms with E-state index in [1.165, 1.54) is 11.1 Å². The van der Waals surface area contributed by atoms with Crippen molar-refractivity contribution in [2.75, 3.05) is 0 Å². The molecule has 1 saturated carbocycles. The van der Waals surface area contributed by atoms with E-state index >= 15 is 0 Å². The average molecular weight is 182 g/mol. The number of rotatable bonds is 3. The molecule has 1 N–H and O–H groups in total. The Hall–Kier alpha value is -0.340. The lowest BCUT2D eigenvalue weighted by molar-refractivity contribution is 0.140. The Morgan fingerprint density at radius 3 is 2.75 bits per heavy atom. The van der Waals surface area contributed by atoms with Gasteiger partial charge in [0.25, 0.3) is 0 Å². The van der Waals surface area contributed by atoms with Crippen molar-refractivity contribution in [3.05, 3.63) is 21.9 Å². The van der Waals surface area contributed by atoms with Gasteiger partial charge in [-0.15, -0.1) is 0 Å². The van der Waals surface area contributed by atoms with Crippen molar-refractivity contribution < 1.29 is 5.11 Å². The molecule has 0 saturated heterocycles. The molecule has 2 rings (SSSR count). The molecule has 1 aromatic heterocycles. The normalized spacial score (nSPS) is 19.5. The molecule has 1 nitrogen and oxygen atoms in total. The van der Waals surface area contributed by atoms with Crippen molar-refractivity contribution in [3.63, 3.8) is 0 Å². The van der Waals surface area contributed by atoms with E-state index in [1.54, 1.807) is 11.3 Å². The third-order valence-corrected chi connectivity index (χ3v) is 3.56. The highest BCUT2D eigenvalue weighted by Gasteiger charge is 2.39. The molecule has 0 atom stereocenters. The molecule has 12 heavy (non-hydrogen) atoms. The molecule has 66 valence electrons. The number of aliphatic hydroxyl groups is 1. The summed E-state index contributed by atoms with van der Waals surface area (Å²) in [6.07, 6.45) is 4.02. The van der Waals surface area contributed by atoms with Crippen LogP contribution < -0.4 is 0 Å². The third kappa shape index (κ3) is 1.70. The summed E-state index contributed by atoms with van der Waals surface area (Å²) >= 11 is 1.76. The molecule has 1 aliphatic rings. The molecule has 1 aromatic rings. The standard InChI is InChI=1S/C10H14OS/c1-8-6-12-7-9(8)2-3-10(11)4-5-10/h6-7,11H,2-5H2,1H3. The lowest BCUT2D eigenvalue weighted by Crippen LogP contribution is -2.07. The Kier molecular flexibility index (Phi) is 1.97. The number of thiophene rings is 1. The quantitative estimate of drug-likeness (QED) is 0.761. The van der Waals surface area contributed by atoms with Crippen molar-refractivity contribution in [2.24, 2.45) is 0 Å². The van der Waals surface area contributed by atoms with E-state index < -0.39 is 0 Å². The van der Waals surface area contributed by atoms with Crippen molar-refractivity contribution in [3.8, 4) is 0 Å². The van der Waals surface area contributed by atoms with Gasteiger partial charge in [0.1, 0.15) is 0 Å².